The molecule has 0 aliphatic heterocycles. The summed E-state index contributed by atoms with van der Waals surface area (Å²) in [6.07, 6.45) is 5.21. The summed E-state index contributed by atoms with van der Waals surface area (Å²) in [7, 11) is 1.67. The molecule has 1 aromatic rings. The minimum absolute atomic E-state index is 0.347. The van der Waals surface area contributed by atoms with E-state index in [1.807, 2.05) is 24.3 Å². The normalized spacial score (nSPS) is 18.0. The molecule has 1 saturated carbocycles. The zero-order chi connectivity index (χ0) is 12.1. The van der Waals surface area contributed by atoms with Crippen LogP contribution in [0.25, 0.3) is 0 Å². The smallest absolute Gasteiger partial charge is 0.119 e. The molecule has 0 amide bonds. The molecule has 0 heterocycles. The van der Waals surface area contributed by atoms with E-state index >= 15 is 0 Å². The van der Waals surface area contributed by atoms with E-state index in [-0.39, 0.29) is 0 Å². The Labute approximate surface area is 111 Å². The first-order chi connectivity index (χ1) is 8.28. The van der Waals surface area contributed by atoms with Crippen LogP contribution in [0.2, 0.25) is 0 Å². The molecule has 17 heavy (non-hydrogen) atoms. The summed E-state index contributed by atoms with van der Waals surface area (Å²) in [4.78, 5) is 0. The molecule has 2 nitrogen and oxygen atoms in total. The average Bonchev–Trinajstić information content (AvgIpc) is 2.86. The van der Waals surface area contributed by atoms with Crippen LogP contribution in [0.1, 0.15) is 25.7 Å². The Morgan fingerprint density at radius 3 is 2.24 bits per heavy atom. The van der Waals surface area contributed by atoms with Crippen LogP contribution in [-0.4, -0.2) is 19.0 Å². The molecule has 0 aromatic heterocycles. The Hall–Kier alpha value is -0.700. The Bertz CT molecular complexity index is 342. The molecule has 2 rings (SSSR count). The first-order valence-corrected chi connectivity index (χ1v) is 7.23. The summed E-state index contributed by atoms with van der Waals surface area (Å²) in [6, 6.07) is 7.81. The van der Waals surface area contributed by atoms with Gasteiger partial charge in [0.2, 0.25) is 0 Å². The summed E-state index contributed by atoms with van der Waals surface area (Å²) < 4.78 is 11.0. The number of halogens is 1. The van der Waals surface area contributed by atoms with Gasteiger partial charge in [-0.3, -0.25) is 0 Å². The van der Waals surface area contributed by atoms with Gasteiger partial charge in [-0.25, -0.2) is 0 Å². The van der Waals surface area contributed by atoms with Crippen molar-refractivity contribution < 1.29 is 9.47 Å². The number of alkyl halides is 1. The van der Waals surface area contributed by atoms with E-state index < -0.39 is 0 Å². The third-order valence-corrected chi connectivity index (χ3v) is 4.74. The van der Waals surface area contributed by atoms with Gasteiger partial charge in [0.1, 0.15) is 11.5 Å². The summed E-state index contributed by atoms with van der Waals surface area (Å²) >= 11 is 3.63. The van der Waals surface area contributed by atoms with E-state index in [1.165, 1.54) is 25.7 Å². The van der Waals surface area contributed by atoms with Gasteiger partial charge < -0.3 is 9.47 Å². The highest BCUT2D eigenvalue weighted by atomic mass is 79.9. The predicted molar refractivity (Wildman–Crippen MR) is 73.2 cm³/mol. The van der Waals surface area contributed by atoms with Gasteiger partial charge in [-0.1, -0.05) is 28.8 Å². The molecule has 0 spiro atoms. The van der Waals surface area contributed by atoms with Gasteiger partial charge in [-0.05, 0) is 37.1 Å². The van der Waals surface area contributed by atoms with Crippen molar-refractivity contribution in [2.45, 2.75) is 25.7 Å². The predicted octanol–water partition coefficient (Wildman–Crippen LogP) is 4.03. The number of ether oxygens (including phenoxy) is 2. The van der Waals surface area contributed by atoms with Crippen LogP contribution in [0, 0.1) is 5.41 Å². The first-order valence-electron chi connectivity index (χ1n) is 6.11. The maximum Gasteiger partial charge on any atom is 0.119 e. The molecule has 0 unspecified atom stereocenters. The van der Waals surface area contributed by atoms with Crippen molar-refractivity contribution in [3.63, 3.8) is 0 Å². The van der Waals surface area contributed by atoms with Gasteiger partial charge in [0.15, 0.2) is 0 Å². The van der Waals surface area contributed by atoms with E-state index in [2.05, 4.69) is 15.9 Å². The van der Waals surface area contributed by atoms with Gasteiger partial charge in [0.25, 0.3) is 0 Å². The Kier molecular flexibility index (Phi) is 4.32. The quantitative estimate of drug-likeness (QED) is 0.764. The van der Waals surface area contributed by atoms with Crippen LogP contribution in [-0.2, 0) is 0 Å². The fourth-order valence-corrected chi connectivity index (χ4v) is 3.07. The van der Waals surface area contributed by atoms with Crippen LogP contribution in [0.5, 0.6) is 11.5 Å². The highest BCUT2D eigenvalue weighted by Gasteiger charge is 2.33. The molecule has 1 aromatic carbocycles. The van der Waals surface area contributed by atoms with Crippen molar-refractivity contribution in [3.8, 4) is 11.5 Å². The summed E-state index contributed by atoms with van der Waals surface area (Å²) in [5.41, 5.74) is 0.347. The van der Waals surface area contributed by atoms with E-state index in [0.29, 0.717) is 5.41 Å². The summed E-state index contributed by atoms with van der Waals surface area (Å²) in [6.45, 7) is 0.810. The second kappa shape index (κ2) is 5.76. The lowest BCUT2D eigenvalue weighted by molar-refractivity contribution is 0.174. The van der Waals surface area contributed by atoms with Crippen LogP contribution in [0.15, 0.2) is 24.3 Å². The Balaban J connectivity index is 1.92. The molecule has 0 atom stereocenters. The van der Waals surface area contributed by atoms with Gasteiger partial charge in [0, 0.05) is 10.7 Å². The van der Waals surface area contributed by atoms with Gasteiger partial charge in [0.05, 0.1) is 13.7 Å². The zero-order valence-electron chi connectivity index (χ0n) is 10.2. The molecular formula is C14H19BrO2. The number of hydrogen-bond donors (Lipinski definition) is 0. The van der Waals surface area contributed by atoms with Gasteiger partial charge in [-0.2, -0.15) is 0 Å². The van der Waals surface area contributed by atoms with E-state index in [1.54, 1.807) is 7.11 Å². The van der Waals surface area contributed by atoms with Crippen molar-refractivity contribution in [3.05, 3.63) is 24.3 Å². The number of benzene rings is 1. The minimum Gasteiger partial charge on any atom is -0.497 e. The molecule has 1 aliphatic rings. The second-order valence-corrected chi connectivity index (χ2v) is 5.37. The van der Waals surface area contributed by atoms with E-state index in [4.69, 9.17) is 9.47 Å². The third kappa shape index (κ3) is 3.15. The molecule has 1 aliphatic carbocycles. The maximum absolute atomic E-state index is 5.90. The molecule has 0 N–H and O–H groups in total. The maximum atomic E-state index is 5.90. The fourth-order valence-electron chi connectivity index (χ4n) is 2.35. The molecule has 0 bridgehead atoms. The number of hydrogen-bond acceptors (Lipinski definition) is 2. The Morgan fingerprint density at radius 2 is 1.71 bits per heavy atom. The number of methoxy groups -OCH3 is 1. The molecule has 0 radical (unpaired) electrons. The zero-order valence-corrected chi connectivity index (χ0v) is 11.8. The molecule has 1 fully saturated rings. The van der Waals surface area contributed by atoms with Crippen molar-refractivity contribution in [1.82, 2.24) is 0 Å². The second-order valence-electron chi connectivity index (χ2n) is 4.80. The van der Waals surface area contributed by atoms with E-state index in [9.17, 15) is 0 Å². The Morgan fingerprint density at radius 1 is 1.12 bits per heavy atom. The lowest BCUT2D eigenvalue weighted by Gasteiger charge is -2.26. The average molecular weight is 299 g/mol. The van der Waals surface area contributed by atoms with Crippen LogP contribution in [0.3, 0.4) is 0 Å². The summed E-state index contributed by atoms with van der Waals surface area (Å²) in [5, 5.41) is 1.04. The largest absolute Gasteiger partial charge is 0.497 e. The lowest BCUT2D eigenvalue weighted by atomic mass is 9.90. The van der Waals surface area contributed by atoms with Crippen molar-refractivity contribution >= 4 is 15.9 Å². The SMILES string of the molecule is COc1ccc(OCC2(CBr)CCCC2)cc1. The third-order valence-electron chi connectivity index (χ3n) is 3.55. The van der Waals surface area contributed by atoms with Crippen molar-refractivity contribution in [2.24, 2.45) is 5.41 Å². The van der Waals surface area contributed by atoms with E-state index in [0.717, 1.165) is 23.4 Å². The molecule has 3 heteroatoms. The van der Waals surface area contributed by atoms with Crippen LogP contribution < -0.4 is 9.47 Å². The highest BCUT2D eigenvalue weighted by molar-refractivity contribution is 9.09. The lowest BCUT2D eigenvalue weighted by Crippen LogP contribution is -2.26. The molecular weight excluding hydrogens is 280 g/mol. The topological polar surface area (TPSA) is 18.5 Å². The highest BCUT2D eigenvalue weighted by Crippen LogP contribution is 2.40. The molecule has 0 saturated heterocycles. The fraction of sp³-hybridized carbons (Fsp3) is 0.571. The first kappa shape index (κ1) is 12.7. The van der Waals surface area contributed by atoms with Crippen LogP contribution in [0.4, 0.5) is 0 Å². The minimum atomic E-state index is 0.347. The summed E-state index contributed by atoms with van der Waals surface area (Å²) in [5.74, 6) is 1.80. The van der Waals surface area contributed by atoms with Gasteiger partial charge >= 0.3 is 0 Å². The van der Waals surface area contributed by atoms with Crippen molar-refractivity contribution in [2.75, 3.05) is 19.0 Å². The van der Waals surface area contributed by atoms with Gasteiger partial charge in [-0.15, -0.1) is 0 Å². The monoisotopic (exact) mass is 298 g/mol. The standard InChI is InChI=1S/C14H19BrO2/c1-16-12-4-6-13(7-5-12)17-11-14(10-15)8-2-3-9-14/h4-7H,2-3,8-11H2,1H3. The van der Waals surface area contributed by atoms with Crippen LogP contribution >= 0.6 is 15.9 Å². The van der Waals surface area contributed by atoms with Crippen molar-refractivity contribution in [1.29, 1.82) is 0 Å². The molecule has 94 valence electrons. The number of rotatable bonds is 5.